The van der Waals surface area contributed by atoms with E-state index >= 15 is 0 Å². The van der Waals surface area contributed by atoms with Crippen molar-refractivity contribution in [3.05, 3.63) is 83.6 Å². The number of benzene rings is 2. The molecule has 0 radical (unpaired) electrons. The highest BCUT2D eigenvalue weighted by molar-refractivity contribution is 5.22. The molecule has 1 heteroatoms. The van der Waals surface area contributed by atoms with Crippen molar-refractivity contribution in [2.24, 2.45) is 0 Å². The molecular weight excluding hydrogens is 244 g/mol. The molecule has 0 atom stereocenters. The molecule has 0 spiro atoms. The second-order valence-electron chi connectivity index (χ2n) is 5.01. The zero-order valence-electron chi connectivity index (χ0n) is 12.1. The third kappa shape index (κ3) is 5.31. The summed E-state index contributed by atoms with van der Waals surface area (Å²) in [6, 6.07) is 19.1. The van der Waals surface area contributed by atoms with Crippen LogP contribution in [0.15, 0.2) is 66.9 Å². The molecule has 0 saturated heterocycles. The number of hydrogen-bond acceptors (Lipinski definition) is 1. The third-order valence-corrected chi connectivity index (χ3v) is 3.23. The third-order valence-electron chi connectivity index (χ3n) is 3.23. The van der Waals surface area contributed by atoms with Crippen molar-refractivity contribution in [3.8, 4) is 0 Å². The van der Waals surface area contributed by atoms with E-state index in [1.165, 1.54) is 16.7 Å². The molecule has 0 amide bonds. The number of allylic oxidation sites excluding steroid dienone is 1. The van der Waals surface area contributed by atoms with Gasteiger partial charge in [-0.25, -0.2) is 0 Å². The first-order valence-electron chi connectivity index (χ1n) is 7.21. The van der Waals surface area contributed by atoms with Gasteiger partial charge in [0.25, 0.3) is 0 Å². The summed E-state index contributed by atoms with van der Waals surface area (Å²) in [6.07, 6.45) is 6.99. The maximum absolute atomic E-state index is 5.52. The fourth-order valence-electron chi connectivity index (χ4n) is 2.14. The molecule has 0 heterocycles. The van der Waals surface area contributed by atoms with Crippen molar-refractivity contribution in [1.82, 2.24) is 0 Å². The summed E-state index contributed by atoms with van der Waals surface area (Å²) in [5.74, 6) is 0. The van der Waals surface area contributed by atoms with Crippen LogP contribution in [-0.2, 0) is 17.6 Å². The molecule has 0 aliphatic heterocycles. The lowest BCUT2D eigenvalue weighted by atomic mass is 10.1. The maximum atomic E-state index is 5.52. The van der Waals surface area contributed by atoms with E-state index in [-0.39, 0.29) is 0 Å². The highest BCUT2D eigenvalue weighted by atomic mass is 16.5. The molecule has 0 aliphatic carbocycles. The van der Waals surface area contributed by atoms with Gasteiger partial charge in [0.15, 0.2) is 0 Å². The van der Waals surface area contributed by atoms with Gasteiger partial charge in [-0.3, -0.25) is 0 Å². The standard InChI is InChI=1S/C19H22O/c1-17-8-7-12-19(16-17)11-5-6-14-20-15-13-18-9-3-2-4-10-18/h2-4,6-10,12,14,16H,5,11,13,15H2,1H3. The molecule has 2 aromatic rings. The average molecular weight is 266 g/mol. The van der Waals surface area contributed by atoms with Crippen molar-refractivity contribution in [3.63, 3.8) is 0 Å². The summed E-state index contributed by atoms with van der Waals surface area (Å²) in [7, 11) is 0. The fraction of sp³-hybridized carbons (Fsp3) is 0.263. The Balaban J connectivity index is 1.60. The Morgan fingerprint density at radius 1 is 0.900 bits per heavy atom. The Kier molecular flexibility index (Phi) is 5.91. The largest absolute Gasteiger partial charge is 0.501 e. The second kappa shape index (κ2) is 8.21. The van der Waals surface area contributed by atoms with Gasteiger partial charge in [-0.05, 0) is 37.0 Å². The highest BCUT2D eigenvalue weighted by Crippen LogP contribution is 2.07. The minimum absolute atomic E-state index is 0.741. The monoisotopic (exact) mass is 266 g/mol. The highest BCUT2D eigenvalue weighted by Gasteiger charge is 1.92. The number of aryl methyl sites for hydroxylation is 2. The molecule has 20 heavy (non-hydrogen) atoms. The van der Waals surface area contributed by atoms with E-state index < -0.39 is 0 Å². The van der Waals surface area contributed by atoms with Gasteiger partial charge >= 0.3 is 0 Å². The van der Waals surface area contributed by atoms with Crippen molar-refractivity contribution >= 4 is 0 Å². The van der Waals surface area contributed by atoms with E-state index in [4.69, 9.17) is 4.74 Å². The quantitative estimate of drug-likeness (QED) is 0.521. The molecule has 2 rings (SSSR count). The summed E-state index contributed by atoms with van der Waals surface area (Å²) < 4.78 is 5.52. The van der Waals surface area contributed by atoms with Crippen LogP contribution in [0.2, 0.25) is 0 Å². The fourth-order valence-corrected chi connectivity index (χ4v) is 2.14. The normalized spacial score (nSPS) is 10.8. The van der Waals surface area contributed by atoms with Gasteiger partial charge in [0.2, 0.25) is 0 Å². The molecule has 2 aromatic carbocycles. The molecule has 0 aromatic heterocycles. The zero-order chi connectivity index (χ0) is 14.0. The average Bonchev–Trinajstić information content (AvgIpc) is 2.47. The lowest BCUT2D eigenvalue weighted by Gasteiger charge is -2.02. The molecule has 1 nitrogen and oxygen atoms in total. The molecular formula is C19H22O. The predicted molar refractivity (Wildman–Crippen MR) is 84.7 cm³/mol. The van der Waals surface area contributed by atoms with Gasteiger partial charge in [0.05, 0.1) is 12.9 Å². The number of ether oxygens (including phenoxy) is 1. The first-order chi connectivity index (χ1) is 9.84. The van der Waals surface area contributed by atoms with E-state index in [9.17, 15) is 0 Å². The smallest absolute Gasteiger partial charge is 0.0913 e. The summed E-state index contributed by atoms with van der Waals surface area (Å²) in [4.78, 5) is 0. The minimum Gasteiger partial charge on any atom is -0.501 e. The maximum Gasteiger partial charge on any atom is 0.0913 e. The van der Waals surface area contributed by atoms with Crippen LogP contribution in [0.3, 0.4) is 0 Å². The first kappa shape index (κ1) is 14.4. The first-order valence-corrected chi connectivity index (χ1v) is 7.21. The SMILES string of the molecule is Cc1cccc(CCC=COCCc2ccccc2)c1. The Morgan fingerprint density at radius 2 is 1.70 bits per heavy atom. The molecule has 0 N–H and O–H groups in total. The van der Waals surface area contributed by atoms with Crippen molar-refractivity contribution in [2.45, 2.75) is 26.2 Å². The lowest BCUT2D eigenvalue weighted by molar-refractivity contribution is 0.252. The van der Waals surface area contributed by atoms with Gasteiger partial charge in [-0.1, -0.05) is 60.2 Å². The number of hydrogen-bond donors (Lipinski definition) is 0. The van der Waals surface area contributed by atoms with Gasteiger partial charge in [0.1, 0.15) is 0 Å². The van der Waals surface area contributed by atoms with Crippen LogP contribution in [0.1, 0.15) is 23.1 Å². The topological polar surface area (TPSA) is 9.23 Å². The van der Waals surface area contributed by atoms with Crippen LogP contribution in [0.25, 0.3) is 0 Å². The molecule has 0 bridgehead atoms. The Hall–Kier alpha value is -2.02. The van der Waals surface area contributed by atoms with Gasteiger partial charge < -0.3 is 4.74 Å². The van der Waals surface area contributed by atoms with Gasteiger partial charge in [-0.2, -0.15) is 0 Å². The van der Waals surface area contributed by atoms with E-state index in [1.54, 1.807) is 0 Å². The molecule has 104 valence electrons. The molecule has 0 fully saturated rings. The van der Waals surface area contributed by atoms with Crippen LogP contribution in [0.5, 0.6) is 0 Å². The second-order valence-corrected chi connectivity index (χ2v) is 5.01. The van der Waals surface area contributed by atoms with Gasteiger partial charge in [0, 0.05) is 6.42 Å². The minimum atomic E-state index is 0.741. The van der Waals surface area contributed by atoms with E-state index in [0.29, 0.717) is 0 Å². The van der Waals surface area contributed by atoms with E-state index in [0.717, 1.165) is 25.9 Å². The molecule has 0 aliphatic rings. The summed E-state index contributed by atoms with van der Waals surface area (Å²) >= 11 is 0. The molecule has 0 saturated carbocycles. The van der Waals surface area contributed by atoms with Crippen LogP contribution in [-0.4, -0.2) is 6.61 Å². The van der Waals surface area contributed by atoms with Crippen molar-refractivity contribution in [2.75, 3.05) is 6.61 Å². The Bertz CT molecular complexity index is 528. The van der Waals surface area contributed by atoms with Crippen molar-refractivity contribution in [1.29, 1.82) is 0 Å². The van der Waals surface area contributed by atoms with Gasteiger partial charge in [-0.15, -0.1) is 0 Å². The van der Waals surface area contributed by atoms with Crippen LogP contribution < -0.4 is 0 Å². The van der Waals surface area contributed by atoms with Crippen LogP contribution in [0.4, 0.5) is 0 Å². The van der Waals surface area contributed by atoms with Crippen LogP contribution in [0, 0.1) is 6.92 Å². The molecule has 0 unspecified atom stereocenters. The predicted octanol–water partition coefficient (Wildman–Crippen LogP) is 4.70. The summed E-state index contributed by atoms with van der Waals surface area (Å²) in [5, 5.41) is 0. The lowest BCUT2D eigenvalue weighted by Crippen LogP contribution is -1.93. The summed E-state index contributed by atoms with van der Waals surface area (Å²) in [6.45, 7) is 2.87. The Morgan fingerprint density at radius 3 is 2.50 bits per heavy atom. The summed E-state index contributed by atoms with van der Waals surface area (Å²) in [5.41, 5.74) is 4.03. The zero-order valence-corrected chi connectivity index (χ0v) is 12.1. The van der Waals surface area contributed by atoms with E-state index in [2.05, 4.69) is 61.5 Å². The number of rotatable bonds is 7. The van der Waals surface area contributed by atoms with Crippen LogP contribution >= 0.6 is 0 Å². The van der Waals surface area contributed by atoms with E-state index in [1.807, 2.05) is 12.3 Å². The Labute approximate surface area is 121 Å². The van der Waals surface area contributed by atoms with Crippen molar-refractivity contribution < 1.29 is 4.74 Å².